The molecule has 0 saturated carbocycles. The van der Waals surface area contributed by atoms with Crippen LogP contribution in [0.3, 0.4) is 0 Å². The summed E-state index contributed by atoms with van der Waals surface area (Å²) in [5.74, 6) is -3.09. The van der Waals surface area contributed by atoms with Crippen molar-refractivity contribution in [2.45, 2.75) is 52.9 Å². The number of aliphatic carboxylic acids is 1. The number of allylic oxidation sites excluding steroid dienone is 2. The first kappa shape index (κ1) is 19.6. The van der Waals surface area contributed by atoms with Crippen LogP contribution in [-0.4, -0.2) is 29.6 Å². The molecule has 0 fully saturated rings. The molecule has 1 aromatic heterocycles. The van der Waals surface area contributed by atoms with Crippen LogP contribution in [0.15, 0.2) is 11.1 Å². The van der Waals surface area contributed by atoms with E-state index in [1.165, 1.54) is 11.3 Å². The van der Waals surface area contributed by atoms with Crippen molar-refractivity contribution in [1.82, 2.24) is 0 Å². The smallest absolute Gasteiger partial charge is 0.341 e. The summed E-state index contributed by atoms with van der Waals surface area (Å²) in [4.78, 5) is 38.2. The number of rotatable bonds is 5. The zero-order valence-corrected chi connectivity index (χ0v) is 16.7. The highest BCUT2D eigenvalue weighted by Gasteiger charge is 2.38. The molecule has 0 unspecified atom stereocenters. The SMILES string of the molecule is CCOC(=O)c1c(NC(=O)[C@H]2CC(C)=C(C)C[C@@H]2C(=O)O)sc2c1CCC2. The number of anilines is 1. The zero-order chi connectivity index (χ0) is 19.7. The first-order valence-electron chi connectivity index (χ1n) is 9.34. The lowest BCUT2D eigenvalue weighted by Gasteiger charge is -2.29. The molecule has 0 saturated heterocycles. The second kappa shape index (κ2) is 7.84. The summed E-state index contributed by atoms with van der Waals surface area (Å²) < 4.78 is 5.18. The molecule has 6 nitrogen and oxygen atoms in total. The molecule has 2 aliphatic carbocycles. The molecule has 27 heavy (non-hydrogen) atoms. The normalized spacial score (nSPS) is 21.7. The molecule has 7 heteroatoms. The Bertz CT molecular complexity index is 823. The van der Waals surface area contributed by atoms with Gasteiger partial charge in [-0.15, -0.1) is 11.3 Å². The fourth-order valence-corrected chi connectivity index (χ4v) is 5.22. The fourth-order valence-electron chi connectivity index (χ4n) is 3.94. The minimum absolute atomic E-state index is 0.268. The van der Waals surface area contributed by atoms with Gasteiger partial charge in [0.2, 0.25) is 5.91 Å². The number of carboxylic acid groups (broad SMARTS) is 1. The van der Waals surface area contributed by atoms with Gasteiger partial charge in [0.25, 0.3) is 0 Å². The number of aryl methyl sites for hydroxylation is 1. The van der Waals surface area contributed by atoms with Crippen molar-refractivity contribution in [2.24, 2.45) is 11.8 Å². The number of fused-ring (bicyclic) bond motifs is 1. The number of hydrogen-bond acceptors (Lipinski definition) is 5. The van der Waals surface area contributed by atoms with E-state index in [0.29, 0.717) is 23.4 Å². The fraction of sp³-hybridized carbons (Fsp3) is 0.550. The number of ether oxygens (including phenoxy) is 1. The lowest BCUT2D eigenvalue weighted by atomic mass is 9.76. The van der Waals surface area contributed by atoms with Crippen LogP contribution in [0.5, 0.6) is 0 Å². The van der Waals surface area contributed by atoms with E-state index in [4.69, 9.17) is 4.74 Å². The van der Waals surface area contributed by atoms with Crippen molar-refractivity contribution in [2.75, 3.05) is 11.9 Å². The molecular formula is C20H25NO5S. The van der Waals surface area contributed by atoms with Crippen LogP contribution in [0, 0.1) is 11.8 Å². The summed E-state index contributed by atoms with van der Waals surface area (Å²) in [6.45, 7) is 5.88. The summed E-state index contributed by atoms with van der Waals surface area (Å²) in [5.41, 5.74) is 3.52. The summed E-state index contributed by atoms with van der Waals surface area (Å²) in [6.07, 6.45) is 3.50. The standard InChI is InChI=1S/C20H25NO5S/c1-4-26-20(25)16-12-6-5-7-15(12)27-18(16)21-17(22)13-8-10(2)11(3)9-14(13)19(23)24/h13-14H,4-9H2,1-3H3,(H,21,22)(H,23,24)/t13-,14-/m0/s1. The van der Waals surface area contributed by atoms with E-state index in [-0.39, 0.29) is 12.5 Å². The number of carbonyl (C=O) groups excluding carboxylic acids is 2. The van der Waals surface area contributed by atoms with E-state index < -0.39 is 23.8 Å². The van der Waals surface area contributed by atoms with Gasteiger partial charge >= 0.3 is 11.9 Å². The van der Waals surface area contributed by atoms with Gasteiger partial charge in [-0.1, -0.05) is 11.1 Å². The highest BCUT2D eigenvalue weighted by atomic mass is 32.1. The maximum absolute atomic E-state index is 13.0. The molecule has 1 amide bonds. The monoisotopic (exact) mass is 391 g/mol. The van der Waals surface area contributed by atoms with Crippen molar-refractivity contribution in [1.29, 1.82) is 0 Å². The Morgan fingerprint density at radius 1 is 1.15 bits per heavy atom. The van der Waals surface area contributed by atoms with E-state index >= 15 is 0 Å². The molecule has 1 aromatic rings. The summed E-state index contributed by atoms with van der Waals surface area (Å²) in [7, 11) is 0. The predicted molar refractivity (Wildman–Crippen MR) is 103 cm³/mol. The quantitative estimate of drug-likeness (QED) is 0.588. The van der Waals surface area contributed by atoms with Crippen LogP contribution in [0.1, 0.15) is 60.8 Å². The van der Waals surface area contributed by atoms with Crippen molar-refractivity contribution >= 4 is 34.2 Å². The molecule has 2 N–H and O–H groups in total. The van der Waals surface area contributed by atoms with Gasteiger partial charge in [-0.05, 0) is 58.4 Å². The Labute approximate surface area is 162 Å². The van der Waals surface area contributed by atoms with Crippen molar-refractivity contribution in [3.05, 3.63) is 27.2 Å². The largest absolute Gasteiger partial charge is 0.481 e. The van der Waals surface area contributed by atoms with Crippen LogP contribution in [0.4, 0.5) is 5.00 Å². The molecule has 146 valence electrons. The number of thiophene rings is 1. The maximum atomic E-state index is 13.0. The second-order valence-corrected chi connectivity index (χ2v) is 8.40. The van der Waals surface area contributed by atoms with Crippen LogP contribution >= 0.6 is 11.3 Å². The van der Waals surface area contributed by atoms with Crippen molar-refractivity contribution in [3.8, 4) is 0 Å². The Balaban J connectivity index is 1.88. The van der Waals surface area contributed by atoms with Gasteiger partial charge in [-0.25, -0.2) is 4.79 Å². The van der Waals surface area contributed by atoms with Gasteiger partial charge in [-0.2, -0.15) is 0 Å². The average molecular weight is 391 g/mol. The highest BCUT2D eigenvalue weighted by Crippen LogP contribution is 2.41. The van der Waals surface area contributed by atoms with E-state index in [1.54, 1.807) is 6.92 Å². The maximum Gasteiger partial charge on any atom is 0.341 e. The van der Waals surface area contributed by atoms with Gasteiger partial charge in [0, 0.05) is 4.88 Å². The molecule has 1 heterocycles. The highest BCUT2D eigenvalue weighted by molar-refractivity contribution is 7.17. The minimum atomic E-state index is -0.957. The Morgan fingerprint density at radius 3 is 2.44 bits per heavy atom. The first-order valence-corrected chi connectivity index (χ1v) is 10.2. The molecule has 0 bridgehead atoms. The average Bonchev–Trinajstić information content (AvgIpc) is 3.17. The van der Waals surface area contributed by atoms with Crippen LogP contribution in [0.25, 0.3) is 0 Å². The third kappa shape index (κ3) is 3.78. The van der Waals surface area contributed by atoms with E-state index in [9.17, 15) is 19.5 Å². The second-order valence-electron chi connectivity index (χ2n) is 7.29. The number of hydrogen-bond donors (Lipinski definition) is 2. The summed E-state index contributed by atoms with van der Waals surface area (Å²) in [6, 6.07) is 0. The Morgan fingerprint density at radius 2 is 1.81 bits per heavy atom. The zero-order valence-electron chi connectivity index (χ0n) is 15.9. The van der Waals surface area contributed by atoms with Gasteiger partial charge in [0.05, 0.1) is 24.0 Å². The van der Waals surface area contributed by atoms with E-state index in [0.717, 1.165) is 40.8 Å². The molecular weight excluding hydrogens is 366 g/mol. The number of carbonyl (C=O) groups is 3. The van der Waals surface area contributed by atoms with E-state index in [1.807, 2.05) is 13.8 Å². The number of carboxylic acids is 1. The lowest BCUT2D eigenvalue weighted by molar-refractivity contribution is -0.146. The summed E-state index contributed by atoms with van der Waals surface area (Å²) in [5, 5.41) is 12.9. The number of amides is 1. The molecule has 2 aliphatic rings. The molecule has 0 aliphatic heterocycles. The summed E-state index contributed by atoms with van der Waals surface area (Å²) >= 11 is 1.41. The van der Waals surface area contributed by atoms with Crippen LogP contribution < -0.4 is 5.32 Å². The molecule has 0 radical (unpaired) electrons. The Hall–Kier alpha value is -2.15. The topological polar surface area (TPSA) is 92.7 Å². The molecule has 0 aromatic carbocycles. The number of esters is 1. The molecule has 2 atom stereocenters. The van der Waals surface area contributed by atoms with Gasteiger partial charge in [-0.3, -0.25) is 9.59 Å². The van der Waals surface area contributed by atoms with Gasteiger partial charge < -0.3 is 15.2 Å². The van der Waals surface area contributed by atoms with Crippen molar-refractivity contribution in [3.63, 3.8) is 0 Å². The Kier molecular flexibility index (Phi) is 5.69. The third-order valence-corrected chi connectivity index (χ3v) is 6.77. The van der Waals surface area contributed by atoms with E-state index in [2.05, 4.69) is 5.32 Å². The third-order valence-electron chi connectivity index (χ3n) is 5.56. The first-order chi connectivity index (χ1) is 12.8. The lowest BCUT2D eigenvalue weighted by Crippen LogP contribution is -2.36. The molecule has 0 spiro atoms. The van der Waals surface area contributed by atoms with Crippen LogP contribution in [-0.2, 0) is 27.2 Å². The van der Waals surface area contributed by atoms with Gasteiger partial charge in [0.15, 0.2) is 0 Å². The molecule has 3 rings (SSSR count). The van der Waals surface area contributed by atoms with Crippen molar-refractivity contribution < 1.29 is 24.2 Å². The van der Waals surface area contributed by atoms with Crippen LogP contribution in [0.2, 0.25) is 0 Å². The number of nitrogens with one attached hydrogen (secondary N) is 1. The minimum Gasteiger partial charge on any atom is -0.481 e. The predicted octanol–water partition coefficient (Wildman–Crippen LogP) is 3.80. The van der Waals surface area contributed by atoms with Gasteiger partial charge in [0.1, 0.15) is 5.00 Å².